The molecule has 134 valence electrons. The van der Waals surface area contributed by atoms with Crippen LogP contribution in [0.5, 0.6) is 0 Å². The third-order valence-electron chi connectivity index (χ3n) is 4.53. The molecule has 0 aliphatic heterocycles. The first-order valence-electron chi connectivity index (χ1n) is 8.26. The van der Waals surface area contributed by atoms with E-state index in [1.807, 2.05) is 6.07 Å². The van der Waals surface area contributed by atoms with E-state index in [0.717, 1.165) is 0 Å². The van der Waals surface area contributed by atoms with Crippen LogP contribution in [0.15, 0.2) is 48.9 Å². The van der Waals surface area contributed by atoms with E-state index in [4.69, 9.17) is 0 Å². The van der Waals surface area contributed by atoms with Crippen molar-refractivity contribution in [1.82, 2.24) is 19.5 Å². The van der Waals surface area contributed by atoms with Crippen LogP contribution in [0.3, 0.4) is 0 Å². The maximum atomic E-state index is 15.1. The highest BCUT2D eigenvalue weighted by molar-refractivity contribution is 5.93. The fraction of sp³-hybridized carbons (Fsp3) is 0.100. The van der Waals surface area contributed by atoms with Gasteiger partial charge in [-0.25, -0.2) is 24.1 Å². The van der Waals surface area contributed by atoms with Crippen LogP contribution in [0, 0.1) is 19.7 Å². The second kappa shape index (κ2) is 6.28. The molecule has 1 N–H and O–H groups in total. The van der Waals surface area contributed by atoms with Gasteiger partial charge in [-0.15, -0.1) is 0 Å². The zero-order valence-corrected chi connectivity index (χ0v) is 14.6. The van der Waals surface area contributed by atoms with Crippen molar-refractivity contribution in [3.05, 3.63) is 71.7 Å². The SMILES string of the molecule is Cc1c(-n2c(C)nc3cncnc32)cc(-c2ccccc2)c(F)c1C(=O)O. The number of aryl methyl sites for hydroxylation is 1. The number of hydrogen-bond donors (Lipinski definition) is 1. The van der Waals surface area contributed by atoms with Crippen molar-refractivity contribution in [3.8, 4) is 16.8 Å². The molecule has 6 nitrogen and oxygen atoms in total. The van der Waals surface area contributed by atoms with Gasteiger partial charge < -0.3 is 5.11 Å². The number of nitrogens with zero attached hydrogens (tertiary/aromatic N) is 4. The zero-order chi connectivity index (χ0) is 19.1. The summed E-state index contributed by atoms with van der Waals surface area (Å²) < 4.78 is 16.8. The summed E-state index contributed by atoms with van der Waals surface area (Å²) in [7, 11) is 0. The lowest BCUT2D eigenvalue weighted by Crippen LogP contribution is -2.11. The number of rotatable bonds is 3. The Labute approximate surface area is 154 Å². The molecule has 0 amide bonds. The molecule has 0 saturated carbocycles. The van der Waals surface area contributed by atoms with E-state index in [9.17, 15) is 9.90 Å². The normalized spacial score (nSPS) is 11.1. The fourth-order valence-electron chi connectivity index (χ4n) is 3.28. The highest BCUT2D eigenvalue weighted by atomic mass is 19.1. The molecule has 4 aromatic rings. The van der Waals surface area contributed by atoms with Gasteiger partial charge in [0, 0.05) is 5.56 Å². The summed E-state index contributed by atoms with van der Waals surface area (Å²) >= 11 is 0. The number of carboxylic acids is 1. The summed E-state index contributed by atoms with van der Waals surface area (Å²) in [6.45, 7) is 3.37. The van der Waals surface area contributed by atoms with Crippen molar-refractivity contribution in [2.24, 2.45) is 0 Å². The molecule has 0 spiro atoms. The molecule has 4 rings (SSSR count). The summed E-state index contributed by atoms with van der Waals surface area (Å²) in [4.78, 5) is 24.5. The molecular formula is C20H15FN4O2. The Morgan fingerprint density at radius 2 is 1.93 bits per heavy atom. The van der Waals surface area contributed by atoms with Gasteiger partial charge in [-0.3, -0.25) is 4.57 Å². The van der Waals surface area contributed by atoms with Crippen molar-refractivity contribution in [1.29, 1.82) is 0 Å². The third-order valence-corrected chi connectivity index (χ3v) is 4.53. The summed E-state index contributed by atoms with van der Waals surface area (Å²) in [5.41, 5.74) is 2.39. The van der Waals surface area contributed by atoms with Gasteiger partial charge in [0.1, 0.15) is 29.0 Å². The minimum absolute atomic E-state index is 0.212. The van der Waals surface area contributed by atoms with Crippen LogP contribution in [-0.2, 0) is 0 Å². The maximum absolute atomic E-state index is 15.1. The monoisotopic (exact) mass is 362 g/mol. The summed E-state index contributed by atoms with van der Waals surface area (Å²) in [6, 6.07) is 10.5. The second-order valence-corrected chi connectivity index (χ2v) is 6.15. The molecule has 2 heterocycles. The fourth-order valence-corrected chi connectivity index (χ4v) is 3.28. The third kappa shape index (κ3) is 2.64. The number of carboxylic acid groups (broad SMARTS) is 1. The molecule has 0 aliphatic rings. The quantitative estimate of drug-likeness (QED) is 0.597. The number of imidazole rings is 1. The van der Waals surface area contributed by atoms with Crippen molar-refractivity contribution >= 4 is 17.1 Å². The highest BCUT2D eigenvalue weighted by Gasteiger charge is 2.24. The highest BCUT2D eigenvalue weighted by Crippen LogP contribution is 2.33. The minimum Gasteiger partial charge on any atom is -0.478 e. The lowest BCUT2D eigenvalue weighted by molar-refractivity contribution is 0.0691. The van der Waals surface area contributed by atoms with E-state index in [0.29, 0.717) is 33.8 Å². The lowest BCUT2D eigenvalue weighted by Gasteiger charge is -2.16. The second-order valence-electron chi connectivity index (χ2n) is 6.15. The van der Waals surface area contributed by atoms with E-state index in [-0.39, 0.29) is 11.1 Å². The Morgan fingerprint density at radius 1 is 1.19 bits per heavy atom. The Hall–Kier alpha value is -3.61. The molecule has 0 fully saturated rings. The number of carbonyl (C=O) groups is 1. The number of halogens is 1. The maximum Gasteiger partial charge on any atom is 0.339 e. The van der Waals surface area contributed by atoms with Gasteiger partial charge in [0.05, 0.1) is 11.9 Å². The van der Waals surface area contributed by atoms with Gasteiger partial charge in [0.2, 0.25) is 0 Å². The Bertz CT molecular complexity index is 1190. The minimum atomic E-state index is -1.32. The summed E-state index contributed by atoms with van der Waals surface area (Å²) in [5.74, 6) is -1.47. The smallest absolute Gasteiger partial charge is 0.339 e. The average Bonchev–Trinajstić information content (AvgIpc) is 2.98. The van der Waals surface area contributed by atoms with Gasteiger partial charge in [0.15, 0.2) is 5.65 Å². The summed E-state index contributed by atoms with van der Waals surface area (Å²) in [6.07, 6.45) is 2.98. The number of aromatic nitrogens is 4. The molecule has 0 aliphatic carbocycles. The van der Waals surface area contributed by atoms with Gasteiger partial charge in [-0.05, 0) is 31.0 Å². The zero-order valence-electron chi connectivity index (χ0n) is 14.6. The van der Waals surface area contributed by atoms with Crippen LogP contribution in [0.4, 0.5) is 4.39 Å². The molecule has 0 bridgehead atoms. The van der Waals surface area contributed by atoms with E-state index in [1.165, 1.54) is 6.33 Å². The van der Waals surface area contributed by atoms with Gasteiger partial charge in [0.25, 0.3) is 0 Å². The van der Waals surface area contributed by atoms with Crippen LogP contribution in [0.25, 0.3) is 28.0 Å². The number of hydrogen-bond acceptors (Lipinski definition) is 4. The molecule has 0 atom stereocenters. The molecule has 0 saturated heterocycles. The van der Waals surface area contributed by atoms with E-state index in [1.54, 1.807) is 54.9 Å². The van der Waals surface area contributed by atoms with E-state index in [2.05, 4.69) is 15.0 Å². The molecule has 27 heavy (non-hydrogen) atoms. The Morgan fingerprint density at radius 3 is 2.63 bits per heavy atom. The van der Waals surface area contributed by atoms with Crippen LogP contribution in [0.2, 0.25) is 0 Å². The van der Waals surface area contributed by atoms with E-state index >= 15 is 4.39 Å². The first-order valence-corrected chi connectivity index (χ1v) is 8.26. The summed E-state index contributed by atoms with van der Waals surface area (Å²) in [5, 5.41) is 9.63. The van der Waals surface area contributed by atoms with Crippen LogP contribution in [-0.4, -0.2) is 30.6 Å². The molecule has 7 heteroatoms. The largest absolute Gasteiger partial charge is 0.478 e. The molecular weight excluding hydrogens is 347 g/mol. The molecule has 2 aromatic heterocycles. The van der Waals surface area contributed by atoms with E-state index < -0.39 is 11.8 Å². The average molecular weight is 362 g/mol. The molecule has 2 aromatic carbocycles. The standard InChI is InChI=1S/C20H15FN4O2/c1-11-16(25-12(2)24-15-9-22-10-23-19(15)25)8-14(13-6-4-3-5-7-13)18(21)17(11)20(26)27/h3-10H,1-2H3,(H,26,27). The number of benzene rings is 2. The number of aromatic carboxylic acids is 1. The molecule has 0 unspecified atom stereocenters. The number of fused-ring (bicyclic) bond motifs is 1. The van der Waals surface area contributed by atoms with Crippen LogP contribution < -0.4 is 0 Å². The topological polar surface area (TPSA) is 80.9 Å². The first kappa shape index (κ1) is 16.8. The van der Waals surface area contributed by atoms with Gasteiger partial charge in [-0.1, -0.05) is 30.3 Å². The Kier molecular flexibility index (Phi) is 3.92. The lowest BCUT2D eigenvalue weighted by atomic mass is 9.96. The van der Waals surface area contributed by atoms with Crippen molar-refractivity contribution in [2.75, 3.05) is 0 Å². The molecule has 0 radical (unpaired) electrons. The predicted octanol–water partition coefficient (Wildman–Crippen LogP) is 3.94. The van der Waals surface area contributed by atoms with Crippen molar-refractivity contribution in [3.63, 3.8) is 0 Å². The van der Waals surface area contributed by atoms with Gasteiger partial charge in [-0.2, -0.15) is 0 Å². The van der Waals surface area contributed by atoms with Crippen molar-refractivity contribution < 1.29 is 14.3 Å². The van der Waals surface area contributed by atoms with Crippen molar-refractivity contribution in [2.45, 2.75) is 13.8 Å². The van der Waals surface area contributed by atoms with Gasteiger partial charge >= 0.3 is 5.97 Å². The Balaban J connectivity index is 2.11. The first-order chi connectivity index (χ1) is 13.0. The van der Waals surface area contributed by atoms with Crippen LogP contribution in [0.1, 0.15) is 21.7 Å². The van der Waals surface area contributed by atoms with Crippen LogP contribution >= 0.6 is 0 Å². The predicted molar refractivity (Wildman–Crippen MR) is 98.5 cm³/mol.